The van der Waals surface area contributed by atoms with Crippen molar-refractivity contribution in [2.24, 2.45) is 5.73 Å². The quantitative estimate of drug-likeness (QED) is 0.744. The number of hydrogen-bond acceptors (Lipinski definition) is 2. The fourth-order valence-electron chi connectivity index (χ4n) is 1.16. The van der Waals surface area contributed by atoms with Gasteiger partial charge in [0.2, 0.25) is 0 Å². The van der Waals surface area contributed by atoms with Crippen LogP contribution < -0.4 is 11.1 Å². The van der Waals surface area contributed by atoms with E-state index in [1.807, 2.05) is 18.2 Å². The third-order valence-electron chi connectivity index (χ3n) is 1.86. The largest absolute Gasteiger partial charge is 0.351 e. The molecule has 0 heterocycles. The second kappa shape index (κ2) is 5.19. The van der Waals surface area contributed by atoms with E-state index in [1.165, 1.54) is 0 Å². The van der Waals surface area contributed by atoms with Gasteiger partial charge in [-0.3, -0.25) is 4.79 Å². The van der Waals surface area contributed by atoms with Crippen LogP contribution in [0.4, 0.5) is 0 Å². The Bertz CT molecular complexity index is 334. The molecule has 3 nitrogen and oxygen atoms in total. The predicted molar refractivity (Wildman–Crippen MR) is 57.9 cm³/mol. The molecule has 0 unspecified atom stereocenters. The fraction of sp³-hybridized carbons (Fsp3) is 0.182. The van der Waals surface area contributed by atoms with Gasteiger partial charge in [-0.25, -0.2) is 0 Å². The molecule has 0 saturated carbocycles. The molecule has 0 aromatic heterocycles. The molecule has 0 spiro atoms. The number of rotatable bonds is 4. The third kappa shape index (κ3) is 2.44. The maximum absolute atomic E-state index is 11.6. The molecule has 0 aliphatic carbocycles. The second-order valence-corrected chi connectivity index (χ2v) is 2.84. The Morgan fingerprint density at radius 1 is 1.50 bits per heavy atom. The summed E-state index contributed by atoms with van der Waals surface area (Å²) >= 11 is 0. The Hall–Kier alpha value is -1.61. The number of amides is 1. The molecule has 14 heavy (non-hydrogen) atoms. The summed E-state index contributed by atoms with van der Waals surface area (Å²) in [6.07, 6.45) is 1.66. The van der Waals surface area contributed by atoms with Crippen molar-refractivity contribution in [1.29, 1.82) is 0 Å². The molecule has 0 radical (unpaired) electrons. The molecule has 0 aliphatic rings. The highest BCUT2D eigenvalue weighted by atomic mass is 16.1. The van der Waals surface area contributed by atoms with E-state index in [0.29, 0.717) is 18.7 Å². The lowest BCUT2D eigenvalue weighted by Gasteiger charge is -2.05. The lowest BCUT2D eigenvalue weighted by molar-refractivity contribution is 0.0954. The fourth-order valence-corrected chi connectivity index (χ4v) is 1.16. The summed E-state index contributed by atoms with van der Waals surface area (Å²) in [5.74, 6) is -0.106. The number of benzene rings is 1. The van der Waals surface area contributed by atoms with Crippen molar-refractivity contribution < 1.29 is 4.79 Å². The molecule has 0 fully saturated rings. The lowest BCUT2D eigenvalue weighted by Crippen LogP contribution is -2.29. The minimum absolute atomic E-state index is 0.106. The first-order valence-corrected chi connectivity index (χ1v) is 4.49. The van der Waals surface area contributed by atoms with Crippen LogP contribution in [0.1, 0.15) is 15.9 Å². The average molecular weight is 190 g/mol. The molecule has 1 aromatic carbocycles. The molecule has 0 atom stereocenters. The van der Waals surface area contributed by atoms with Gasteiger partial charge < -0.3 is 11.1 Å². The summed E-state index contributed by atoms with van der Waals surface area (Å²) in [6.45, 7) is 4.59. The van der Waals surface area contributed by atoms with E-state index in [9.17, 15) is 4.79 Å². The zero-order valence-electron chi connectivity index (χ0n) is 7.99. The zero-order chi connectivity index (χ0) is 10.4. The summed E-state index contributed by atoms with van der Waals surface area (Å²) in [5, 5.41) is 2.71. The maximum atomic E-state index is 11.6. The molecule has 0 bridgehead atoms. The zero-order valence-corrected chi connectivity index (χ0v) is 7.99. The predicted octanol–water partition coefficient (Wildman–Crippen LogP) is 1.02. The van der Waals surface area contributed by atoms with Gasteiger partial charge in [0.25, 0.3) is 5.91 Å². The van der Waals surface area contributed by atoms with Crippen LogP contribution in [0.5, 0.6) is 0 Å². The molecular weight excluding hydrogens is 176 g/mol. The average Bonchev–Trinajstić information content (AvgIpc) is 2.25. The van der Waals surface area contributed by atoms with E-state index in [2.05, 4.69) is 11.9 Å². The van der Waals surface area contributed by atoms with Gasteiger partial charge in [-0.05, 0) is 11.6 Å². The van der Waals surface area contributed by atoms with Gasteiger partial charge >= 0.3 is 0 Å². The number of nitrogens with one attached hydrogen (secondary N) is 1. The van der Waals surface area contributed by atoms with Crippen LogP contribution in [0.2, 0.25) is 0 Å². The lowest BCUT2D eigenvalue weighted by atomic mass is 10.1. The van der Waals surface area contributed by atoms with Crippen molar-refractivity contribution in [1.82, 2.24) is 5.32 Å². The van der Waals surface area contributed by atoms with E-state index in [0.717, 1.165) is 5.56 Å². The van der Waals surface area contributed by atoms with Gasteiger partial charge in [-0.15, -0.1) is 0 Å². The summed E-state index contributed by atoms with van der Waals surface area (Å²) in [4.78, 5) is 11.6. The number of carbonyl (C=O) groups excluding carboxylic acids is 1. The first-order valence-electron chi connectivity index (χ1n) is 4.49. The number of carbonyl (C=O) groups is 1. The van der Waals surface area contributed by atoms with Crippen molar-refractivity contribution >= 4 is 12.0 Å². The van der Waals surface area contributed by atoms with E-state index in [4.69, 9.17) is 5.73 Å². The minimum atomic E-state index is -0.106. The molecule has 0 saturated heterocycles. The van der Waals surface area contributed by atoms with Crippen LogP contribution in [0, 0.1) is 0 Å². The van der Waals surface area contributed by atoms with Crippen LogP contribution in [0.25, 0.3) is 6.08 Å². The maximum Gasteiger partial charge on any atom is 0.251 e. The summed E-state index contributed by atoms with van der Waals surface area (Å²) in [7, 11) is 0. The Morgan fingerprint density at radius 2 is 2.21 bits per heavy atom. The normalized spacial score (nSPS) is 9.50. The standard InChI is InChI=1S/C11H14N2O/c1-2-9-5-3-4-6-10(9)11(14)13-8-7-12/h2-6H,1,7-8,12H2,(H,13,14). The number of hydrogen-bond donors (Lipinski definition) is 2. The van der Waals surface area contributed by atoms with Crippen LogP contribution in [-0.4, -0.2) is 19.0 Å². The van der Waals surface area contributed by atoms with Crippen molar-refractivity contribution in [3.63, 3.8) is 0 Å². The van der Waals surface area contributed by atoms with Gasteiger partial charge in [0, 0.05) is 18.7 Å². The first kappa shape index (κ1) is 10.5. The van der Waals surface area contributed by atoms with Gasteiger partial charge in [0.05, 0.1) is 0 Å². The third-order valence-corrected chi connectivity index (χ3v) is 1.86. The molecular formula is C11H14N2O. The Labute approximate surface area is 83.6 Å². The van der Waals surface area contributed by atoms with E-state index in [-0.39, 0.29) is 5.91 Å². The molecule has 74 valence electrons. The summed E-state index contributed by atoms with van der Waals surface area (Å²) in [5.41, 5.74) is 6.76. The van der Waals surface area contributed by atoms with E-state index < -0.39 is 0 Å². The highest BCUT2D eigenvalue weighted by molar-refractivity contribution is 5.97. The first-order chi connectivity index (χ1) is 6.79. The Kier molecular flexibility index (Phi) is 3.88. The van der Waals surface area contributed by atoms with Crippen LogP contribution in [-0.2, 0) is 0 Å². The van der Waals surface area contributed by atoms with Gasteiger partial charge in [-0.1, -0.05) is 30.9 Å². The van der Waals surface area contributed by atoms with Crippen molar-refractivity contribution in [2.75, 3.05) is 13.1 Å². The Balaban J connectivity index is 2.83. The molecule has 1 aromatic rings. The number of nitrogens with two attached hydrogens (primary N) is 1. The molecule has 1 amide bonds. The molecule has 3 N–H and O–H groups in total. The van der Waals surface area contributed by atoms with Crippen molar-refractivity contribution in [3.05, 3.63) is 42.0 Å². The van der Waals surface area contributed by atoms with Crippen LogP contribution >= 0.6 is 0 Å². The minimum Gasteiger partial charge on any atom is -0.351 e. The SMILES string of the molecule is C=Cc1ccccc1C(=O)NCCN. The highest BCUT2D eigenvalue weighted by Crippen LogP contribution is 2.09. The molecule has 1 rings (SSSR count). The van der Waals surface area contributed by atoms with Crippen LogP contribution in [0.15, 0.2) is 30.8 Å². The van der Waals surface area contributed by atoms with Gasteiger partial charge in [0.15, 0.2) is 0 Å². The van der Waals surface area contributed by atoms with Gasteiger partial charge in [0.1, 0.15) is 0 Å². The Morgan fingerprint density at radius 3 is 2.86 bits per heavy atom. The van der Waals surface area contributed by atoms with Crippen LogP contribution in [0.3, 0.4) is 0 Å². The monoisotopic (exact) mass is 190 g/mol. The van der Waals surface area contributed by atoms with Crippen molar-refractivity contribution in [3.8, 4) is 0 Å². The highest BCUT2D eigenvalue weighted by Gasteiger charge is 2.06. The second-order valence-electron chi connectivity index (χ2n) is 2.84. The molecule has 3 heteroatoms. The summed E-state index contributed by atoms with van der Waals surface area (Å²) < 4.78 is 0. The molecule has 0 aliphatic heterocycles. The smallest absolute Gasteiger partial charge is 0.251 e. The van der Waals surface area contributed by atoms with Gasteiger partial charge in [-0.2, -0.15) is 0 Å². The topological polar surface area (TPSA) is 55.1 Å². The van der Waals surface area contributed by atoms with E-state index in [1.54, 1.807) is 12.1 Å². The van der Waals surface area contributed by atoms with Crippen molar-refractivity contribution in [2.45, 2.75) is 0 Å². The van der Waals surface area contributed by atoms with E-state index >= 15 is 0 Å². The summed E-state index contributed by atoms with van der Waals surface area (Å²) in [6, 6.07) is 7.31.